The minimum Gasteiger partial charge on any atom is -0.487 e. The van der Waals surface area contributed by atoms with Gasteiger partial charge in [0.05, 0.1) is 11.4 Å². The fourth-order valence-corrected chi connectivity index (χ4v) is 4.20. The first kappa shape index (κ1) is 19.3. The van der Waals surface area contributed by atoms with Gasteiger partial charge < -0.3 is 10.1 Å². The number of carbonyl (C=O) groups is 2. The number of halogens is 1. The van der Waals surface area contributed by atoms with E-state index in [-0.39, 0.29) is 17.8 Å². The molecule has 1 N–H and O–H groups in total. The number of aryl methyl sites for hydroxylation is 1. The first-order valence-corrected chi connectivity index (χ1v) is 10.2. The molecule has 0 unspecified atom stereocenters. The molecule has 2 heterocycles. The van der Waals surface area contributed by atoms with E-state index in [1.165, 1.54) is 30.4 Å². The van der Waals surface area contributed by atoms with E-state index in [2.05, 4.69) is 5.32 Å². The Hall–Kier alpha value is -2.99. The molecule has 4 rings (SSSR count). The normalized spacial score (nSPS) is 14.9. The highest BCUT2D eigenvalue weighted by molar-refractivity contribution is 7.12. The van der Waals surface area contributed by atoms with Gasteiger partial charge in [-0.05, 0) is 60.7 Å². The van der Waals surface area contributed by atoms with Crippen LogP contribution in [0.15, 0.2) is 47.8 Å². The summed E-state index contributed by atoms with van der Waals surface area (Å²) in [7, 11) is 0. The van der Waals surface area contributed by atoms with Crippen LogP contribution in [0.25, 0.3) is 11.1 Å². The fraction of sp³-hybridized carbons (Fsp3) is 0.217. The lowest BCUT2D eigenvalue weighted by Gasteiger charge is -2.14. The lowest BCUT2D eigenvalue weighted by Crippen LogP contribution is -2.34. The summed E-state index contributed by atoms with van der Waals surface area (Å²) in [6, 6.07) is 11.9. The minimum absolute atomic E-state index is 0.120. The van der Waals surface area contributed by atoms with Crippen molar-refractivity contribution in [1.82, 2.24) is 5.32 Å². The highest BCUT2D eigenvalue weighted by Gasteiger charge is 2.28. The summed E-state index contributed by atoms with van der Waals surface area (Å²) in [5.74, 6) is -0.0341. The molecule has 0 saturated carbocycles. The average molecular weight is 409 g/mol. The molecule has 1 amide bonds. The second-order valence-electron chi connectivity index (χ2n) is 7.18. The second-order valence-corrected chi connectivity index (χ2v) is 8.13. The van der Waals surface area contributed by atoms with Gasteiger partial charge in [-0.1, -0.05) is 12.1 Å². The highest BCUT2D eigenvalue weighted by Crippen LogP contribution is 2.41. The SMILES string of the molecule is CC(=O)c1ccc(F)c(-c2cc(C)cc3c2O[C@H](CNC(=O)c2cccs2)C3)c1. The number of benzene rings is 2. The van der Waals surface area contributed by atoms with Crippen LogP contribution in [0.5, 0.6) is 5.75 Å². The highest BCUT2D eigenvalue weighted by atomic mass is 32.1. The van der Waals surface area contributed by atoms with E-state index < -0.39 is 5.82 Å². The molecule has 0 spiro atoms. The van der Waals surface area contributed by atoms with Gasteiger partial charge in [0, 0.05) is 23.1 Å². The van der Waals surface area contributed by atoms with Crippen molar-refractivity contribution < 1.29 is 18.7 Å². The fourth-order valence-electron chi connectivity index (χ4n) is 3.56. The lowest BCUT2D eigenvalue weighted by molar-refractivity contribution is 0.0937. The number of amides is 1. The average Bonchev–Trinajstić information content (AvgIpc) is 3.35. The smallest absolute Gasteiger partial charge is 0.261 e. The van der Waals surface area contributed by atoms with Gasteiger partial charge in [-0.2, -0.15) is 0 Å². The van der Waals surface area contributed by atoms with Gasteiger partial charge >= 0.3 is 0 Å². The van der Waals surface area contributed by atoms with Crippen LogP contribution in [0.1, 0.15) is 38.1 Å². The summed E-state index contributed by atoms with van der Waals surface area (Å²) in [6.45, 7) is 3.77. The lowest BCUT2D eigenvalue weighted by atomic mass is 9.95. The molecule has 6 heteroatoms. The van der Waals surface area contributed by atoms with Crippen molar-refractivity contribution in [3.8, 4) is 16.9 Å². The number of rotatable bonds is 5. The molecule has 1 atom stereocenters. The van der Waals surface area contributed by atoms with E-state index in [0.29, 0.717) is 40.3 Å². The molecule has 2 aromatic carbocycles. The van der Waals surface area contributed by atoms with Crippen molar-refractivity contribution in [3.63, 3.8) is 0 Å². The topological polar surface area (TPSA) is 55.4 Å². The van der Waals surface area contributed by atoms with E-state index in [1.54, 1.807) is 12.1 Å². The van der Waals surface area contributed by atoms with Gasteiger partial charge in [-0.25, -0.2) is 4.39 Å². The zero-order valence-electron chi connectivity index (χ0n) is 16.1. The molecule has 3 aromatic rings. The number of carbonyl (C=O) groups excluding carboxylic acids is 2. The first-order valence-electron chi connectivity index (χ1n) is 9.35. The Morgan fingerprint density at radius 2 is 2.03 bits per heavy atom. The van der Waals surface area contributed by atoms with Gasteiger partial charge in [-0.15, -0.1) is 11.3 Å². The molecule has 29 heavy (non-hydrogen) atoms. The summed E-state index contributed by atoms with van der Waals surface area (Å²) >= 11 is 1.39. The van der Waals surface area contributed by atoms with Crippen LogP contribution >= 0.6 is 11.3 Å². The molecular weight excluding hydrogens is 389 g/mol. The molecule has 4 nitrogen and oxygen atoms in total. The largest absolute Gasteiger partial charge is 0.487 e. The molecule has 0 aliphatic carbocycles. The second kappa shape index (κ2) is 7.79. The number of nitrogens with one attached hydrogen (secondary N) is 1. The molecule has 0 saturated heterocycles. The maximum atomic E-state index is 14.6. The molecule has 0 fully saturated rings. The molecule has 148 valence electrons. The van der Waals surface area contributed by atoms with Crippen LogP contribution in [0.4, 0.5) is 4.39 Å². The number of Topliss-reactive ketones (excluding diaryl/α,β-unsaturated/α-hetero) is 1. The van der Waals surface area contributed by atoms with Crippen LogP contribution in [-0.2, 0) is 6.42 Å². The Labute approximate surface area is 172 Å². The third-order valence-electron chi connectivity index (χ3n) is 4.94. The van der Waals surface area contributed by atoms with Gasteiger partial charge in [0.25, 0.3) is 5.91 Å². The molecule has 1 aromatic heterocycles. The van der Waals surface area contributed by atoms with Crippen molar-refractivity contribution in [2.75, 3.05) is 6.54 Å². The summed E-state index contributed by atoms with van der Waals surface area (Å²) in [5.41, 5.74) is 3.39. The van der Waals surface area contributed by atoms with Crippen molar-refractivity contribution in [2.24, 2.45) is 0 Å². The Morgan fingerprint density at radius 3 is 2.76 bits per heavy atom. The number of hydrogen-bond donors (Lipinski definition) is 1. The predicted molar refractivity (Wildman–Crippen MR) is 111 cm³/mol. The van der Waals surface area contributed by atoms with Crippen molar-refractivity contribution in [3.05, 3.63) is 75.2 Å². The third-order valence-corrected chi connectivity index (χ3v) is 5.81. The number of hydrogen-bond acceptors (Lipinski definition) is 4. The zero-order valence-corrected chi connectivity index (χ0v) is 16.9. The molecule has 0 bridgehead atoms. The zero-order chi connectivity index (χ0) is 20.5. The van der Waals surface area contributed by atoms with E-state index in [4.69, 9.17) is 4.74 Å². The van der Waals surface area contributed by atoms with Crippen LogP contribution in [0.3, 0.4) is 0 Å². The van der Waals surface area contributed by atoms with E-state index in [9.17, 15) is 14.0 Å². The predicted octanol–water partition coefficient (Wildman–Crippen LogP) is 4.80. The Morgan fingerprint density at radius 1 is 1.21 bits per heavy atom. The maximum Gasteiger partial charge on any atom is 0.261 e. The Kier molecular flexibility index (Phi) is 5.20. The van der Waals surface area contributed by atoms with E-state index in [0.717, 1.165) is 11.1 Å². The number of fused-ring (bicyclic) bond motifs is 1. The van der Waals surface area contributed by atoms with Crippen LogP contribution in [0.2, 0.25) is 0 Å². The van der Waals surface area contributed by atoms with Gasteiger partial charge in [-0.3, -0.25) is 9.59 Å². The van der Waals surface area contributed by atoms with E-state index >= 15 is 0 Å². The van der Waals surface area contributed by atoms with Crippen LogP contribution in [-0.4, -0.2) is 24.3 Å². The van der Waals surface area contributed by atoms with Crippen LogP contribution in [0, 0.1) is 12.7 Å². The maximum absolute atomic E-state index is 14.6. The van der Waals surface area contributed by atoms with Crippen LogP contribution < -0.4 is 10.1 Å². The van der Waals surface area contributed by atoms with E-state index in [1.807, 2.05) is 30.5 Å². The van der Waals surface area contributed by atoms with Gasteiger partial charge in [0.15, 0.2) is 5.78 Å². The van der Waals surface area contributed by atoms with Gasteiger partial charge in [0.2, 0.25) is 0 Å². The molecule has 1 aliphatic heterocycles. The Balaban J connectivity index is 1.59. The molecule has 0 radical (unpaired) electrons. The summed E-state index contributed by atoms with van der Waals surface area (Å²) < 4.78 is 20.7. The number of thiophene rings is 1. The first-order chi connectivity index (χ1) is 13.9. The standard InChI is InChI=1S/C23H20FNO3S/c1-13-8-16-10-17(12-25-23(27)21-4-3-7-29-21)28-22(16)19(9-13)18-11-15(14(2)26)5-6-20(18)24/h3-9,11,17H,10,12H2,1-2H3,(H,25,27)/t17-/m0/s1. The summed E-state index contributed by atoms with van der Waals surface area (Å²) in [4.78, 5) is 24.6. The monoisotopic (exact) mass is 409 g/mol. The quantitative estimate of drug-likeness (QED) is 0.616. The summed E-state index contributed by atoms with van der Waals surface area (Å²) in [6.07, 6.45) is 0.400. The number of ketones is 1. The minimum atomic E-state index is -0.402. The van der Waals surface area contributed by atoms with Crippen molar-refractivity contribution >= 4 is 23.0 Å². The molecule has 1 aliphatic rings. The van der Waals surface area contributed by atoms with Crippen molar-refractivity contribution in [1.29, 1.82) is 0 Å². The third kappa shape index (κ3) is 3.93. The van der Waals surface area contributed by atoms with Gasteiger partial charge in [0.1, 0.15) is 17.7 Å². The summed E-state index contributed by atoms with van der Waals surface area (Å²) in [5, 5.41) is 4.76. The van der Waals surface area contributed by atoms with Crippen molar-refractivity contribution in [2.45, 2.75) is 26.4 Å². The Bertz CT molecular complexity index is 1090. The molecular formula is C23H20FNO3S. The number of ether oxygens (including phenoxy) is 1.